The third-order valence-corrected chi connectivity index (χ3v) is 5.79. The van der Waals surface area contributed by atoms with E-state index in [0.717, 1.165) is 5.56 Å². The highest BCUT2D eigenvalue weighted by molar-refractivity contribution is 6.36. The normalized spacial score (nSPS) is 10.8. The van der Waals surface area contributed by atoms with Gasteiger partial charge in [0.2, 0.25) is 0 Å². The number of aryl methyl sites for hydroxylation is 1. The van der Waals surface area contributed by atoms with Crippen LogP contribution in [0.15, 0.2) is 96.1 Å². The molecule has 0 fully saturated rings. The minimum absolute atomic E-state index is 0.198. The van der Waals surface area contributed by atoms with E-state index < -0.39 is 5.97 Å². The summed E-state index contributed by atoms with van der Waals surface area (Å²) in [5.41, 5.74) is 5.99. The van der Waals surface area contributed by atoms with Crippen molar-refractivity contribution in [1.29, 1.82) is 0 Å². The van der Waals surface area contributed by atoms with Crippen LogP contribution in [-0.2, 0) is 6.61 Å². The van der Waals surface area contributed by atoms with E-state index in [1.165, 1.54) is 23.9 Å². The summed E-state index contributed by atoms with van der Waals surface area (Å²) in [5, 5.41) is 4.61. The molecule has 0 bridgehead atoms. The summed E-state index contributed by atoms with van der Waals surface area (Å²) in [6.45, 7) is 2.48. The molecule has 0 aliphatic rings. The van der Waals surface area contributed by atoms with Gasteiger partial charge in [-0.3, -0.25) is 4.79 Å². The molecule has 1 amide bonds. The quantitative estimate of drug-likeness (QED) is 0.116. The Morgan fingerprint density at radius 1 is 0.892 bits per heavy atom. The van der Waals surface area contributed by atoms with Gasteiger partial charge in [-0.2, -0.15) is 5.10 Å². The Kier molecular flexibility index (Phi) is 8.56. The number of rotatable bonds is 8. The van der Waals surface area contributed by atoms with Gasteiger partial charge in [0.15, 0.2) is 0 Å². The topological polar surface area (TPSA) is 77.0 Å². The highest BCUT2D eigenvalue weighted by Gasteiger charge is 2.13. The molecular weight excluding hydrogens is 511 g/mol. The lowest BCUT2D eigenvalue weighted by atomic mass is 10.2. The van der Waals surface area contributed by atoms with Gasteiger partial charge in [0.1, 0.15) is 18.1 Å². The van der Waals surface area contributed by atoms with Crippen molar-refractivity contribution < 1.29 is 19.1 Å². The molecule has 6 nitrogen and oxygen atoms in total. The second kappa shape index (κ2) is 12.2. The Bertz CT molecular complexity index is 1440. The maximum Gasteiger partial charge on any atom is 0.345 e. The Hall–Kier alpha value is -4.13. The first-order valence-corrected chi connectivity index (χ1v) is 12.0. The molecule has 0 unspecified atom stereocenters. The number of halogens is 2. The summed E-state index contributed by atoms with van der Waals surface area (Å²) in [5.74, 6) is -0.0314. The molecule has 1 N–H and O–H groups in total. The molecule has 0 spiro atoms. The van der Waals surface area contributed by atoms with Crippen LogP contribution in [0.4, 0.5) is 0 Å². The lowest BCUT2D eigenvalue weighted by molar-refractivity contribution is 0.0734. The van der Waals surface area contributed by atoms with Crippen LogP contribution in [-0.4, -0.2) is 18.1 Å². The van der Waals surface area contributed by atoms with Gasteiger partial charge in [0.25, 0.3) is 5.91 Å². The van der Waals surface area contributed by atoms with Gasteiger partial charge in [-0.15, -0.1) is 0 Å². The third-order valence-electron chi connectivity index (χ3n) is 5.24. The Labute approximate surface area is 224 Å². The summed E-state index contributed by atoms with van der Waals surface area (Å²) in [6.07, 6.45) is 1.45. The number of hydrogen-bond donors (Lipinski definition) is 1. The van der Waals surface area contributed by atoms with Crippen LogP contribution < -0.4 is 14.9 Å². The van der Waals surface area contributed by atoms with E-state index in [-0.39, 0.29) is 16.5 Å². The van der Waals surface area contributed by atoms with Crippen LogP contribution in [0.1, 0.15) is 37.4 Å². The number of hydrogen-bond acceptors (Lipinski definition) is 5. The molecule has 4 aromatic rings. The summed E-state index contributed by atoms with van der Waals surface area (Å²) < 4.78 is 11.2. The molecular formula is C29H22Cl2N2O4. The van der Waals surface area contributed by atoms with Crippen molar-refractivity contribution in [3.63, 3.8) is 0 Å². The zero-order valence-corrected chi connectivity index (χ0v) is 21.3. The number of nitrogens with one attached hydrogen (secondary N) is 1. The molecule has 0 saturated carbocycles. The van der Waals surface area contributed by atoms with Crippen LogP contribution >= 0.6 is 23.2 Å². The first-order chi connectivity index (χ1) is 17.9. The molecule has 8 heteroatoms. The van der Waals surface area contributed by atoms with Gasteiger partial charge < -0.3 is 9.47 Å². The predicted octanol–water partition coefficient (Wildman–Crippen LogP) is 6.86. The maximum absolute atomic E-state index is 12.4. The van der Waals surface area contributed by atoms with E-state index in [9.17, 15) is 9.59 Å². The highest BCUT2D eigenvalue weighted by atomic mass is 35.5. The van der Waals surface area contributed by atoms with Crippen molar-refractivity contribution >= 4 is 41.3 Å². The predicted molar refractivity (Wildman–Crippen MR) is 145 cm³/mol. The fraction of sp³-hybridized carbons (Fsp3) is 0.0690. The Morgan fingerprint density at radius 3 is 2.38 bits per heavy atom. The third kappa shape index (κ3) is 7.43. The SMILES string of the molecule is Cc1ccc(COc2ccc(C(=O)NN=Cc3cccc(OC(=O)c4ccc(Cl)cc4Cl)c3)cc2)cc1. The average Bonchev–Trinajstić information content (AvgIpc) is 2.89. The molecule has 0 aromatic heterocycles. The molecule has 0 radical (unpaired) electrons. The van der Waals surface area contributed by atoms with Crippen molar-refractivity contribution in [3.8, 4) is 11.5 Å². The maximum atomic E-state index is 12.4. The smallest absolute Gasteiger partial charge is 0.345 e. The number of benzene rings is 4. The summed E-state index contributed by atoms with van der Waals surface area (Å²) in [4.78, 5) is 24.8. The van der Waals surface area contributed by atoms with Crippen molar-refractivity contribution in [1.82, 2.24) is 5.43 Å². The van der Waals surface area contributed by atoms with E-state index in [4.69, 9.17) is 32.7 Å². The van der Waals surface area contributed by atoms with E-state index in [1.807, 2.05) is 31.2 Å². The molecule has 0 atom stereocenters. The molecule has 186 valence electrons. The number of amides is 1. The van der Waals surface area contributed by atoms with Gasteiger partial charge in [-0.25, -0.2) is 10.2 Å². The largest absolute Gasteiger partial charge is 0.489 e. The fourth-order valence-corrected chi connectivity index (χ4v) is 3.74. The number of esters is 1. The monoisotopic (exact) mass is 532 g/mol. The van der Waals surface area contributed by atoms with Crippen molar-refractivity contribution in [2.75, 3.05) is 0 Å². The van der Waals surface area contributed by atoms with Crippen LogP contribution in [0.25, 0.3) is 0 Å². The first-order valence-electron chi connectivity index (χ1n) is 11.3. The Morgan fingerprint density at radius 2 is 1.65 bits per heavy atom. The number of carbonyl (C=O) groups excluding carboxylic acids is 2. The van der Waals surface area contributed by atoms with Crippen molar-refractivity contribution in [3.05, 3.63) is 129 Å². The van der Waals surface area contributed by atoms with E-state index >= 15 is 0 Å². The van der Waals surface area contributed by atoms with Crippen molar-refractivity contribution in [2.24, 2.45) is 5.10 Å². The van der Waals surface area contributed by atoms with Crippen LogP contribution in [0.3, 0.4) is 0 Å². The van der Waals surface area contributed by atoms with Gasteiger partial charge in [-0.05, 0) is 72.6 Å². The molecule has 0 aliphatic heterocycles. The first kappa shape index (κ1) is 25.9. The van der Waals surface area contributed by atoms with Crippen LogP contribution in [0, 0.1) is 6.92 Å². The Balaban J connectivity index is 1.30. The van der Waals surface area contributed by atoms with E-state index in [0.29, 0.717) is 34.3 Å². The second-order valence-corrected chi connectivity index (χ2v) is 8.93. The average molecular weight is 533 g/mol. The minimum atomic E-state index is -0.615. The summed E-state index contributed by atoms with van der Waals surface area (Å²) >= 11 is 11.9. The number of carbonyl (C=O) groups is 2. The highest BCUT2D eigenvalue weighted by Crippen LogP contribution is 2.23. The second-order valence-electron chi connectivity index (χ2n) is 8.08. The molecule has 4 rings (SSSR count). The molecule has 0 heterocycles. The molecule has 4 aromatic carbocycles. The molecule has 37 heavy (non-hydrogen) atoms. The molecule has 0 saturated heterocycles. The van der Waals surface area contributed by atoms with Crippen LogP contribution in [0.2, 0.25) is 10.0 Å². The lowest BCUT2D eigenvalue weighted by Gasteiger charge is -2.07. The zero-order chi connectivity index (χ0) is 26.2. The van der Waals surface area contributed by atoms with E-state index in [1.54, 1.807) is 54.6 Å². The van der Waals surface area contributed by atoms with Crippen LogP contribution in [0.5, 0.6) is 11.5 Å². The van der Waals surface area contributed by atoms with Gasteiger partial charge in [-0.1, -0.05) is 65.2 Å². The number of ether oxygens (including phenoxy) is 2. The van der Waals surface area contributed by atoms with E-state index in [2.05, 4.69) is 10.5 Å². The minimum Gasteiger partial charge on any atom is -0.489 e. The lowest BCUT2D eigenvalue weighted by Crippen LogP contribution is -2.17. The number of hydrazone groups is 1. The van der Waals surface area contributed by atoms with Gasteiger partial charge in [0, 0.05) is 10.6 Å². The standard InChI is InChI=1S/C29H22Cl2N2O4/c1-19-5-7-20(8-6-19)18-36-24-12-9-22(10-13-24)28(34)33-32-17-21-3-2-4-25(15-21)37-29(35)26-14-11-23(30)16-27(26)31/h2-17H,18H2,1H3,(H,33,34). The van der Waals surface area contributed by atoms with Gasteiger partial charge >= 0.3 is 5.97 Å². The molecule has 0 aliphatic carbocycles. The van der Waals surface area contributed by atoms with Gasteiger partial charge in [0.05, 0.1) is 16.8 Å². The summed E-state index contributed by atoms with van der Waals surface area (Å²) in [7, 11) is 0. The zero-order valence-electron chi connectivity index (χ0n) is 19.8. The summed E-state index contributed by atoms with van der Waals surface area (Å²) in [6, 6.07) is 26.1. The van der Waals surface area contributed by atoms with Crippen molar-refractivity contribution in [2.45, 2.75) is 13.5 Å². The fourth-order valence-electron chi connectivity index (χ4n) is 3.26. The number of nitrogens with zero attached hydrogens (tertiary/aromatic N) is 1.